The van der Waals surface area contributed by atoms with Gasteiger partial charge < -0.3 is 15.2 Å². The molecular formula is C17H18N2O5. The van der Waals surface area contributed by atoms with E-state index in [0.29, 0.717) is 37.4 Å². The summed E-state index contributed by atoms with van der Waals surface area (Å²) in [6.07, 6.45) is 3.97. The fourth-order valence-corrected chi connectivity index (χ4v) is 2.99. The summed E-state index contributed by atoms with van der Waals surface area (Å²) in [6, 6.07) is 6.87. The van der Waals surface area contributed by atoms with Gasteiger partial charge in [0.15, 0.2) is 0 Å². The molecule has 1 saturated heterocycles. The van der Waals surface area contributed by atoms with Crippen molar-refractivity contribution in [1.29, 1.82) is 0 Å². The number of carbonyl (C=O) groups excluding carboxylic acids is 2. The van der Waals surface area contributed by atoms with Gasteiger partial charge in [-0.1, -0.05) is 18.2 Å². The van der Waals surface area contributed by atoms with Crippen molar-refractivity contribution in [1.82, 2.24) is 0 Å². The van der Waals surface area contributed by atoms with Crippen LogP contribution in [-0.4, -0.2) is 36.2 Å². The number of carboxylic acid groups (broad SMARTS) is 1. The quantitative estimate of drug-likeness (QED) is 0.826. The Balaban J connectivity index is 1.73. The molecule has 7 heteroatoms. The summed E-state index contributed by atoms with van der Waals surface area (Å²) in [6.45, 7) is 0.800. The van der Waals surface area contributed by atoms with E-state index in [4.69, 9.17) is 4.74 Å². The van der Waals surface area contributed by atoms with E-state index in [2.05, 4.69) is 5.32 Å². The van der Waals surface area contributed by atoms with Gasteiger partial charge in [0.25, 0.3) is 0 Å². The second kappa shape index (κ2) is 6.74. The van der Waals surface area contributed by atoms with Gasteiger partial charge in [-0.2, -0.15) is 0 Å². The van der Waals surface area contributed by atoms with E-state index >= 15 is 0 Å². The highest BCUT2D eigenvalue weighted by Crippen LogP contribution is 2.28. The molecule has 2 amide bonds. The maximum Gasteiger partial charge on any atom is 0.414 e. The Morgan fingerprint density at radius 3 is 2.62 bits per heavy atom. The molecule has 0 radical (unpaired) electrons. The molecular weight excluding hydrogens is 312 g/mol. The SMILES string of the molecule is O=C(O)C1CC=CCC1C(=O)Nc1cccc(N2CCOC2=O)c1. The molecule has 1 fully saturated rings. The van der Waals surface area contributed by atoms with Crippen molar-refractivity contribution in [3.05, 3.63) is 36.4 Å². The molecule has 1 aliphatic carbocycles. The summed E-state index contributed by atoms with van der Waals surface area (Å²) < 4.78 is 4.90. The number of ether oxygens (including phenoxy) is 1. The van der Waals surface area contributed by atoms with Crippen molar-refractivity contribution in [2.24, 2.45) is 11.8 Å². The summed E-state index contributed by atoms with van der Waals surface area (Å²) in [5.74, 6) is -2.61. The Bertz CT molecular complexity index is 700. The van der Waals surface area contributed by atoms with Crippen molar-refractivity contribution in [2.75, 3.05) is 23.4 Å². The van der Waals surface area contributed by atoms with Crippen LogP contribution in [0.4, 0.5) is 16.2 Å². The smallest absolute Gasteiger partial charge is 0.414 e. The Labute approximate surface area is 138 Å². The van der Waals surface area contributed by atoms with Gasteiger partial charge in [-0.05, 0) is 31.0 Å². The Morgan fingerprint density at radius 2 is 1.96 bits per heavy atom. The highest BCUT2D eigenvalue weighted by Gasteiger charge is 2.34. The molecule has 1 aliphatic heterocycles. The molecule has 2 aliphatic rings. The number of allylic oxidation sites excluding steroid dienone is 2. The molecule has 126 valence electrons. The van der Waals surface area contributed by atoms with Gasteiger partial charge in [-0.15, -0.1) is 0 Å². The minimum absolute atomic E-state index is 0.326. The van der Waals surface area contributed by atoms with E-state index in [1.165, 1.54) is 4.90 Å². The number of cyclic esters (lactones) is 1. The lowest BCUT2D eigenvalue weighted by Crippen LogP contribution is -2.34. The zero-order valence-corrected chi connectivity index (χ0v) is 13.0. The predicted molar refractivity (Wildman–Crippen MR) is 86.8 cm³/mol. The van der Waals surface area contributed by atoms with Gasteiger partial charge in [0.1, 0.15) is 6.61 Å². The molecule has 1 aromatic rings. The van der Waals surface area contributed by atoms with Crippen LogP contribution in [-0.2, 0) is 14.3 Å². The number of carboxylic acids is 1. The van der Waals surface area contributed by atoms with Crippen LogP contribution in [0, 0.1) is 11.8 Å². The molecule has 1 heterocycles. The number of nitrogens with one attached hydrogen (secondary N) is 1. The van der Waals surface area contributed by atoms with Crippen LogP contribution in [0.1, 0.15) is 12.8 Å². The zero-order valence-electron chi connectivity index (χ0n) is 13.0. The first-order valence-electron chi connectivity index (χ1n) is 7.79. The van der Waals surface area contributed by atoms with Gasteiger partial charge in [0.2, 0.25) is 5.91 Å². The monoisotopic (exact) mass is 330 g/mol. The molecule has 2 N–H and O–H groups in total. The third kappa shape index (κ3) is 3.24. The zero-order chi connectivity index (χ0) is 17.1. The van der Waals surface area contributed by atoms with Crippen molar-refractivity contribution < 1.29 is 24.2 Å². The van der Waals surface area contributed by atoms with Crippen LogP contribution >= 0.6 is 0 Å². The molecule has 1 aromatic carbocycles. The third-order valence-electron chi connectivity index (χ3n) is 4.27. The second-order valence-electron chi connectivity index (χ2n) is 5.80. The van der Waals surface area contributed by atoms with Crippen LogP contribution in [0.5, 0.6) is 0 Å². The maximum absolute atomic E-state index is 12.5. The summed E-state index contributed by atoms with van der Waals surface area (Å²) in [5.41, 5.74) is 1.16. The van der Waals surface area contributed by atoms with E-state index in [0.717, 1.165) is 0 Å². The summed E-state index contributed by atoms with van der Waals surface area (Å²) in [7, 11) is 0. The number of nitrogens with zero attached hydrogens (tertiary/aromatic N) is 1. The number of anilines is 2. The van der Waals surface area contributed by atoms with Crippen molar-refractivity contribution in [2.45, 2.75) is 12.8 Å². The first-order valence-corrected chi connectivity index (χ1v) is 7.79. The normalized spacial score (nSPS) is 23.0. The molecule has 3 rings (SSSR count). The van der Waals surface area contributed by atoms with Crippen LogP contribution in [0.2, 0.25) is 0 Å². The number of benzene rings is 1. The summed E-state index contributed by atoms with van der Waals surface area (Å²) in [4.78, 5) is 36.9. The number of amides is 2. The van der Waals surface area contributed by atoms with E-state index in [1.54, 1.807) is 30.3 Å². The van der Waals surface area contributed by atoms with Crippen LogP contribution in [0.25, 0.3) is 0 Å². The molecule has 7 nitrogen and oxygen atoms in total. The van der Waals surface area contributed by atoms with Crippen LogP contribution < -0.4 is 10.2 Å². The summed E-state index contributed by atoms with van der Waals surface area (Å²) >= 11 is 0. The lowest BCUT2D eigenvalue weighted by molar-refractivity contribution is -0.146. The van der Waals surface area contributed by atoms with Gasteiger partial charge in [-0.3, -0.25) is 14.5 Å². The topological polar surface area (TPSA) is 95.9 Å². The summed E-state index contributed by atoms with van der Waals surface area (Å²) in [5, 5.41) is 12.0. The van der Waals surface area contributed by atoms with E-state index in [-0.39, 0.29) is 5.91 Å². The lowest BCUT2D eigenvalue weighted by Gasteiger charge is -2.24. The molecule has 24 heavy (non-hydrogen) atoms. The Kier molecular flexibility index (Phi) is 4.50. The molecule has 0 spiro atoms. The highest BCUT2D eigenvalue weighted by molar-refractivity contribution is 5.96. The molecule has 0 bridgehead atoms. The Hall–Kier alpha value is -2.83. The fourth-order valence-electron chi connectivity index (χ4n) is 2.99. The van der Waals surface area contributed by atoms with Crippen LogP contribution in [0.3, 0.4) is 0 Å². The van der Waals surface area contributed by atoms with Gasteiger partial charge >= 0.3 is 12.1 Å². The average molecular weight is 330 g/mol. The first kappa shape index (κ1) is 16.0. The minimum Gasteiger partial charge on any atom is -0.481 e. The second-order valence-corrected chi connectivity index (χ2v) is 5.80. The molecule has 2 unspecified atom stereocenters. The standard InChI is InChI=1S/C17H18N2O5/c20-15(13-6-1-2-7-14(13)16(21)22)18-11-4-3-5-12(10-11)19-8-9-24-17(19)23/h1-5,10,13-14H,6-9H2,(H,18,20)(H,21,22). The maximum atomic E-state index is 12.5. The number of carbonyl (C=O) groups is 3. The first-order chi connectivity index (χ1) is 11.6. The number of rotatable bonds is 4. The Morgan fingerprint density at radius 1 is 1.21 bits per heavy atom. The van der Waals surface area contributed by atoms with Gasteiger partial charge in [-0.25, -0.2) is 4.79 Å². The van der Waals surface area contributed by atoms with Crippen molar-refractivity contribution in [3.8, 4) is 0 Å². The minimum atomic E-state index is -0.965. The van der Waals surface area contributed by atoms with E-state index in [1.807, 2.05) is 6.08 Å². The lowest BCUT2D eigenvalue weighted by atomic mass is 9.82. The number of hydrogen-bond acceptors (Lipinski definition) is 4. The third-order valence-corrected chi connectivity index (χ3v) is 4.27. The predicted octanol–water partition coefficient (Wildman–Crippen LogP) is 2.25. The van der Waals surface area contributed by atoms with Crippen molar-refractivity contribution >= 4 is 29.3 Å². The van der Waals surface area contributed by atoms with Gasteiger partial charge in [0.05, 0.1) is 18.4 Å². The van der Waals surface area contributed by atoms with Gasteiger partial charge in [0, 0.05) is 11.4 Å². The fraction of sp³-hybridized carbons (Fsp3) is 0.353. The molecule has 2 atom stereocenters. The van der Waals surface area contributed by atoms with E-state index < -0.39 is 23.9 Å². The largest absolute Gasteiger partial charge is 0.481 e. The molecule has 0 aromatic heterocycles. The number of aliphatic carboxylic acids is 1. The number of hydrogen-bond donors (Lipinski definition) is 2. The highest BCUT2D eigenvalue weighted by atomic mass is 16.6. The van der Waals surface area contributed by atoms with E-state index in [9.17, 15) is 19.5 Å². The average Bonchev–Trinajstić information content (AvgIpc) is 3.01. The van der Waals surface area contributed by atoms with Crippen LogP contribution in [0.15, 0.2) is 36.4 Å². The van der Waals surface area contributed by atoms with Crippen molar-refractivity contribution in [3.63, 3.8) is 0 Å². The molecule has 0 saturated carbocycles.